The van der Waals surface area contributed by atoms with E-state index in [1.165, 1.54) is 0 Å². The van der Waals surface area contributed by atoms with Crippen molar-refractivity contribution < 1.29 is 32.6 Å². The number of nitrogens with zero attached hydrogens (tertiary/aromatic N) is 2. The summed E-state index contributed by atoms with van der Waals surface area (Å²) in [4.78, 5) is 32.2. The van der Waals surface area contributed by atoms with Gasteiger partial charge >= 0.3 is 12.1 Å². The molecule has 0 radical (unpaired) electrons. The summed E-state index contributed by atoms with van der Waals surface area (Å²) in [5.41, 5.74) is 3.65. The SMILES string of the molecule is O=C(NC1CCCN(c2nc3ccccc3[nH]2)C1)c1cccc2c1OCCNC2.O=C(O)C(F)(F)F. The third-order valence-corrected chi connectivity index (χ3v) is 5.86. The van der Waals surface area contributed by atoms with Gasteiger partial charge in [0.2, 0.25) is 5.95 Å². The van der Waals surface area contributed by atoms with Crippen LogP contribution in [0.4, 0.5) is 19.1 Å². The fraction of sp³-hybridized carbons (Fsp3) is 0.375. The van der Waals surface area contributed by atoms with Crippen LogP contribution in [0.5, 0.6) is 5.75 Å². The number of anilines is 1. The van der Waals surface area contributed by atoms with Gasteiger partial charge in [-0.05, 0) is 31.0 Å². The number of hydrogen-bond donors (Lipinski definition) is 4. The van der Waals surface area contributed by atoms with Crippen LogP contribution in [0.3, 0.4) is 0 Å². The number of fused-ring (bicyclic) bond motifs is 2. The summed E-state index contributed by atoms with van der Waals surface area (Å²) in [6.45, 7) is 3.75. The van der Waals surface area contributed by atoms with Crippen LogP contribution in [0.2, 0.25) is 0 Å². The molecule has 0 aliphatic carbocycles. The predicted octanol–water partition coefficient (Wildman–Crippen LogP) is 3.08. The molecule has 12 heteroatoms. The number of aromatic amines is 1. The lowest BCUT2D eigenvalue weighted by molar-refractivity contribution is -0.192. The Morgan fingerprint density at radius 3 is 2.69 bits per heavy atom. The van der Waals surface area contributed by atoms with Crippen molar-refractivity contribution in [2.45, 2.75) is 31.6 Å². The van der Waals surface area contributed by atoms with E-state index in [1.807, 2.05) is 42.5 Å². The minimum Gasteiger partial charge on any atom is -0.491 e. The number of ether oxygens (including phenoxy) is 1. The first kappa shape index (κ1) is 25.3. The molecule has 2 aliphatic rings. The molecular weight excluding hydrogens is 479 g/mol. The summed E-state index contributed by atoms with van der Waals surface area (Å²) < 4.78 is 37.6. The third-order valence-electron chi connectivity index (χ3n) is 5.86. The zero-order chi connectivity index (χ0) is 25.7. The van der Waals surface area contributed by atoms with Crippen LogP contribution in [0.1, 0.15) is 28.8 Å². The number of nitrogens with one attached hydrogen (secondary N) is 3. The molecule has 3 heterocycles. The maximum atomic E-state index is 13.0. The number of H-pyrrole nitrogens is 1. The first-order chi connectivity index (χ1) is 17.2. The van der Waals surface area contributed by atoms with Crippen molar-refractivity contribution >= 4 is 28.9 Å². The van der Waals surface area contributed by atoms with Crippen LogP contribution in [-0.4, -0.2) is 65.4 Å². The number of carboxylic acids is 1. The average Bonchev–Trinajstić information content (AvgIpc) is 3.14. The molecule has 1 unspecified atom stereocenters. The van der Waals surface area contributed by atoms with Crippen molar-refractivity contribution in [3.63, 3.8) is 0 Å². The molecule has 2 aliphatic heterocycles. The number of piperidine rings is 1. The lowest BCUT2D eigenvalue weighted by atomic mass is 10.0. The summed E-state index contributed by atoms with van der Waals surface area (Å²) in [5, 5.41) is 13.7. The van der Waals surface area contributed by atoms with Crippen LogP contribution in [0.25, 0.3) is 11.0 Å². The van der Waals surface area contributed by atoms with Crippen LogP contribution < -0.4 is 20.3 Å². The van der Waals surface area contributed by atoms with E-state index < -0.39 is 12.1 Å². The molecule has 9 nitrogen and oxygen atoms in total. The number of halogens is 3. The minimum atomic E-state index is -5.08. The number of alkyl halides is 3. The molecule has 5 rings (SSSR count). The molecule has 1 fully saturated rings. The van der Waals surface area contributed by atoms with Gasteiger partial charge in [-0.3, -0.25) is 4.79 Å². The normalized spacial score (nSPS) is 17.8. The standard InChI is InChI=1S/C22H25N5O2.C2HF3O2/c28-21(17-7-3-5-15-13-23-10-12-29-20(15)17)24-16-6-4-11-27(14-16)22-25-18-8-1-2-9-19(18)26-22;3-2(4,5)1(6)7/h1-3,5,7-9,16,23H,4,6,10-14H2,(H,24,28)(H,25,26);(H,6,7). The van der Waals surface area contributed by atoms with Gasteiger partial charge in [-0.1, -0.05) is 24.3 Å². The van der Waals surface area contributed by atoms with E-state index >= 15 is 0 Å². The minimum absolute atomic E-state index is 0.0693. The zero-order valence-electron chi connectivity index (χ0n) is 19.3. The Kier molecular flexibility index (Phi) is 7.63. The average molecular weight is 505 g/mol. The number of carbonyl (C=O) groups excluding carboxylic acids is 1. The molecule has 1 amide bonds. The summed E-state index contributed by atoms with van der Waals surface area (Å²) >= 11 is 0. The molecule has 0 saturated carbocycles. The molecule has 0 bridgehead atoms. The van der Waals surface area contributed by atoms with Gasteiger partial charge < -0.3 is 30.4 Å². The number of rotatable bonds is 3. The fourth-order valence-corrected chi connectivity index (χ4v) is 4.16. The van der Waals surface area contributed by atoms with Crippen molar-refractivity contribution in [1.82, 2.24) is 20.6 Å². The first-order valence-electron chi connectivity index (χ1n) is 11.5. The first-order valence-corrected chi connectivity index (χ1v) is 11.5. The van der Waals surface area contributed by atoms with Crippen molar-refractivity contribution in [1.29, 1.82) is 0 Å². The Bertz CT molecular complexity index is 1200. The predicted molar refractivity (Wildman–Crippen MR) is 126 cm³/mol. The van der Waals surface area contributed by atoms with Crippen LogP contribution in [0, 0.1) is 0 Å². The van der Waals surface area contributed by atoms with E-state index in [1.54, 1.807) is 0 Å². The van der Waals surface area contributed by atoms with Crippen LogP contribution in [-0.2, 0) is 11.3 Å². The topological polar surface area (TPSA) is 120 Å². The molecule has 3 aromatic rings. The van der Waals surface area contributed by atoms with Crippen LogP contribution in [0.15, 0.2) is 42.5 Å². The van der Waals surface area contributed by atoms with Crippen molar-refractivity contribution in [2.75, 3.05) is 31.1 Å². The summed E-state index contributed by atoms with van der Waals surface area (Å²) in [6, 6.07) is 13.9. The van der Waals surface area contributed by atoms with E-state index in [9.17, 15) is 18.0 Å². The second-order valence-corrected chi connectivity index (χ2v) is 8.46. The molecule has 4 N–H and O–H groups in total. The third kappa shape index (κ3) is 6.06. The molecule has 36 heavy (non-hydrogen) atoms. The second kappa shape index (κ2) is 10.9. The number of carboxylic acid groups (broad SMARTS) is 1. The number of para-hydroxylation sites is 3. The van der Waals surface area contributed by atoms with Crippen molar-refractivity contribution in [2.24, 2.45) is 0 Å². The molecule has 2 aromatic carbocycles. The van der Waals surface area contributed by atoms with Gasteiger partial charge in [0.1, 0.15) is 12.4 Å². The summed E-state index contributed by atoms with van der Waals surface area (Å²) in [6.07, 6.45) is -3.12. The number of amides is 1. The van der Waals surface area contributed by atoms with Crippen LogP contribution >= 0.6 is 0 Å². The Morgan fingerprint density at radius 2 is 1.94 bits per heavy atom. The number of aromatic nitrogens is 2. The lowest BCUT2D eigenvalue weighted by Crippen LogP contribution is -2.48. The van der Waals surface area contributed by atoms with Gasteiger partial charge in [0.15, 0.2) is 0 Å². The Hall–Kier alpha value is -3.80. The number of carbonyl (C=O) groups is 2. The molecule has 192 valence electrons. The largest absolute Gasteiger partial charge is 0.491 e. The van der Waals surface area contributed by atoms with Gasteiger partial charge in [0, 0.05) is 37.8 Å². The number of benzene rings is 2. The molecular formula is C24H26F3N5O4. The van der Waals surface area contributed by atoms with Gasteiger partial charge in [0.05, 0.1) is 16.6 Å². The van der Waals surface area contributed by atoms with Gasteiger partial charge in [-0.25, -0.2) is 9.78 Å². The van der Waals surface area contributed by atoms with Gasteiger partial charge in [-0.15, -0.1) is 0 Å². The summed E-state index contributed by atoms with van der Waals surface area (Å²) in [5.74, 6) is -1.25. The summed E-state index contributed by atoms with van der Waals surface area (Å²) in [7, 11) is 0. The highest BCUT2D eigenvalue weighted by Gasteiger charge is 2.38. The fourth-order valence-electron chi connectivity index (χ4n) is 4.16. The second-order valence-electron chi connectivity index (χ2n) is 8.46. The molecule has 0 spiro atoms. The van der Waals surface area contributed by atoms with E-state index in [0.29, 0.717) is 17.9 Å². The van der Waals surface area contributed by atoms with E-state index in [2.05, 4.69) is 20.5 Å². The number of hydrogen-bond acceptors (Lipinski definition) is 6. The Balaban J connectivity index is 0.000000384. The van der Waals surface area contributed by atoms with Crippen molar-refractivity contribution in [3.05, 3.63) is 53.6 Å². The van der Waals surface area contributed by atoms with Gasteiger partial charge in [-0.2, -0.15) is 13.2 Å². The lowest BCUT2D eigenvalue weighted by Gasteiger charge is -2.33. The van der Waals surface area contributed by atoms with E-state index in [0.717, 1.165) is 61.6 Å². The highest BCUT2D eigenvalue weighted by atomic mass is 19.4. The maximum Gasteiger partial charge on any atom is 0.490 e. The molecule has 1 saturated heterocycles. The molecule has 1 aromatic heterocycles. The molecule has 1 atom stereocenters. The monoisotopic (exact) mass is 505 g/mol. The smallest absolute Gasteiger partial charge is 0.490 e. The zero-order valence-corrected chi connectivity index (χ0v) is 19.3. The Morgan fingerprint density at radius 1 is 1.17 bits per heavy atom. The number of imidazole rings is 1. The Labute approximate surface area is 204 Å². The number of aliphatic carboxylic acids is 1. The van der Waals surface area contributed by atoms with E-state index in [-0.39, 0.29) is 11.9 Å². The van der Waals surface area contributed by atoms with Gasteiger partial charge in [0.25, 0.3) is 5.91 Å². The maximum absolute atomic E-state index is 13.0. The highest BCUT2D eigenvalue weighted by molar-refractivity contribution is 5.97. The van der Waals surface area contributed by atoms with E-state index in [4.69, 9.17) is 19.6 Å². The van der Waals surface area contributed by atoms with Crippen molar-refractivity contribution in [3.8, 4) is 5.75 Å². The quantitative estimate of drug-likeness (QED) is 0.432. The highest BCUT2D eigenvalue weighted by Crippen LogP contribution is 2.26.